The van der Waals surface area contributed by atoms with E-state index < -0.39 is 10.2 Å². The molecule has 1 aliphatic heterocycles. The highest BCUT2D eigenvalue weighted by atomic mass is 35.5. The third-order valence-corrected chi connectivity index (χ3v) is 3.55. The predicted octanol–water partition coefficient (Wildman–Crippen LogP) is -0.521. The van der Waals surface area contributed by atoms with Crippen LogP contribution in [0.15, 0.2) is 11.6 Å². The van der Waals surface area contributed by atoms with Crippen molar-refractivity contribution in [3.63, 3.8) is 0 Å². The van der Waals surface area contributed by atoms with Crippen LogP contribution in [0, 0.1) is 0 Å². The average Bonchev–Trinajstić information content (AvgIpc) is 2.16. The Hall–Kier alpha value is -0.140. The van der Waals surface area contributed by atoms with Gasteiger partial charge in [0.2, 0.25) is 0 Å². The van der Waals surface area contributed by atoms with Gasteiger partial charge in [-0.15, -0.1) is 0 Å². The molecule has 0 aromatic carbocycles. The van der Waals surface area contributed by atoms with Gasteiger partial charge in [0, 0.05) is 37.8 Å². The third kappa shape index (κ3) is 3.55. The van der Waals surface area contributed by atoms with Crippen LogP contribution < -0.4 is 10.0 Å². The SMILES string of the molecule is C=C(Cl)CNS(=O)(=O)N1CCNCC1. The molecule has 0 amide bonds. The molecule has 14 heavy (non-hydrogen) atoms. The van der Waals surface area contributed by atoms with E-state index in [2.05, 4.69) is 16.6 Å². The third-order valence-electron chi connectivity index (χ3n) is 1.86. The summed E-state index contributed by atoms with van der Waals surface area (Å²) in [4.78, 5) is 0. The van der Waals surface area contributed by atoms with Crippen LogP contribution in [0.25, 0.3) is 0 Å². The van der Waals surface area contributed by atoms with Gasteiger partial charge in [0.1, 0.15) is 0 Å². The quantitative estimate of drug-likeness (QED) is 0.694. The molecule has 0 bridgehead atoms. The summed E-state index contributed by atoms with van der Waals surface area (Å²) in [5.74, 6) is 0. The molecule has 2 N–H and O–H groups in total. The molecule has 1 saturated heterocycles. The van der Waals surface area contributed by atoms with E-state index in [9.17, 15) is 8.42 Å². The largest absolute Gasteiger partial charge is 0.314 e. The standard InChI is InChI=1S/C7H14ClN3O2S/c1-7(8)6-10-14(12,13)11-4-2-9-3-5-11/h9-10H,1-6H2. The maximum absolute atomic E-state index is 11.6. The molecule has 0 saturated carbocycles. The zero-order chi connectivity index (χ0) is 10.6. The minimum Gasteiger partial charge on any atom is -0.314 e. The molecule has 1 fully saturated rings. The van der Waals surface area contributed by atoms with Crippen molar-refractivity contribution in [3.05, 3.63) is 11.6 Å². The minimum absolute atomic E-state index is 0.0772. The van der Waals surface area contributed by atoms with Crippen LogP contribution in [0.3, 0.4) is 0 Å². The molecular weight excluding hydrogens is 226 g/mol. The topological polar surface area (TPSA) is 61.4 Å². The van der Waals surface area contributed by atoms with Gasteiger partial charge in [-0.05, 0) is 0 Å². The minimum atomic E-state index is -3.38. The van der Waals surface area contributed by atoms with Gasteiger partial charge in [-0.3, -0.25) is 0 Å². The van der Waals surface area contributed by atoms with Gasteiger partial charge >= 0.3 is 0 Å². The summed E-state index contributed by atoms with van der Waals surface area (Å²) in [6, 6.07) is 0. The Morgan fingerprint density at radius 3 is 2.57 bits per heavy atom. The molecule has 1 aliphatic rings. The van der Waals surface area contributed by atoms with E-state index >= 15 is 0 Å². The first-order valence-electron chi connectivity index (χ1n) is 4.31. The number of halogens is 1. The number of hydrogen-bond acceptors (Lipinski definition) is 3. The lowest BCUT2D eigenvalue weighted by Crippen LogP contribution is -2.50. The highest BCUT2D eigenvalue weighted by molar-refractivity contribution is 7.87. The number of hydrogen-bond donors (Lipinski definition) is 2. The highest BCUT2D eigenvalue weighted by Gasteiger charge is 2.22. The highest BCUT2D eigenvalue weighted by Crippen LogP contribution is 2.01. The molecule has 0 aliphatic carbocycles. The number of piperazine rings is 1. The second-order valence-corrected chi connectivity index (χ2v) is 5.28. The van der Waals surface area contributed by atoms with E-state index in [1.807, 2.05) is 0 Å². The molecule has 5 nitrogen and oxygen atoms in total. The first-order chi connectivity index (χ1) is 6.52. The van der Waals surface area contributed by atoms with Gasteiger partial charge in [0.15, 0.2) is 0 Å². The number of nitrogens with zero attached hydrogens (tertiary/aromatic N) is 1. The van der Waals surface area contributed by atoms with E-state index in [1.54, 1.807) is 0 Å². The van der Waals surface area contributed by atoms with Gasteiger partial charge in [-0.2, -0.15) is 17.4 Å². The Morgan fingerprint density at radius 1 is 1.50 bits per heavy atom. The number of nitrogens with one attached hydrogen (secondary N) is 2. The van der Waals surface area contributed by atoms with Crippen molar-refractivity contribution >= 4 is 21.8 Å². The van der Waals surface area contributed by atoms with Gasteiger partial charge < -0.3 is 5.32 Å². The fraction of sp³-hybridized carbons (Fsp3) is 0.714. The predicted molar refractivity (Wildman–Crippen MR) is 56.4 cm³/mol. The van der Waals surface area contributed by atoms with E-state index in [4.69, 9.17) is 11.6 Å². The first-order valence-corrected chi connectivity index (χ1v) is 6.13. The van der Waals surface area contributed by atoms with Crippen LogP contribution in [0.2, 0.25) is 0 Å². The molecule has 82 valence electrons. The second kappa shape index (κ2) is 5.09. The zero-order valence-corrected chi connectivity index (χ0v) is 9.36. The van der Waals surface area contributed by atoms with Crippen molar-refractivity contribution in [3.8, 4) is 0 Å². The lowest BCUT2D eigenvalue weighted by Gasteiger charge is -2.26. The fourth-order valence-corrected chi connectivity index (χ4v) is 2.49. The summed E-state index contributed by atoms with van der Waals surface area (Å²) in [7, 11) is -3.38. The van der Waals surface area contributed by atoms with Crippen LogP contribution in [0.4, 0.5) is 0 Å². The molecule has 1 heterocycles. The fourth-order valence-electron chi connectivity index (χ4n) is 1.15. The molecule has 0 atom stereocenters. The van der Waals surface area contributed by atoms with E-state index in [1.165, 1.54) is 4.31 Å². The Bertz CT molecular complexity index is 298. The summed E-state index contributed by atoms with van der Waals surface area (Å²) in [5, 5.41) is 3.36. The monoisotopic (exact) mass is 239 g/mol. The Labute approximate surface area is 89.3 Å². The molecule has 0 aromatic heterocycles. The smallest absolute Gasteiger partial charge is 0.279 e. The van der Waals surface area contributed by atoms with Crippen molar-refractivity contribution in [2.45, 2.75) is 0 Å². The Morgan fingerprint density at radius 2 is 2.07 bits per heavy atom. The molecule has 0 spiro atoms. The van der Waals surface area contributed by atoms with Crippen molar-refractivity contribution in [1.29, 1.82) is 0 Å². The van der Waals surface area contributed by atoms with Crippen molar-refractivity contribution in [2.24, 2.45) is 0 Å². The van der Waals surface area contributed by atoms with Crippen LogP contribution in [0.1, 0.15) is 0 Å². The second-order valence-electron chi connectivity index (χ2n) is 2.99. The van der Waals surface area contributed by atoms with E-state index in [0.29, 0.717) is 26.2 Å². The van der Waals surface area contributed by atoms with Crippen molar-refractivity contribution < 1.29 is 8.42 Å². The van der Waals surface area contributed by atoms with Gasteiger partial charge in [0.25, 0.3) is 10.2 Å². The Balaban J connectivity index is 2.50. The summed E-state index contributed by atoms with van der Waals surface area (Å²) in [6.07, 6.45) is 0. The van der Waals surface area contributed by atoms with E-state index in [-0.39, 0.29) is 11.6 Å². The van der Waals surface area contributed by atoms with Crippen LogP contribution in [-0.2, 0) is 10.2 Å². The Kier molecular flexibility index (Phi) is 4.33. The summed E-state index contributed by atoms with van der Waals surface area (Å²) in [5.41, 5.74) is 0. The molecule has 0 unspecified atom stereocenters. The lowest BCUT2D eigenvalue weighted by molar-refractivity contribution is 0.356. The normalized spacial score (nSPS) is 19.5. The molecule has 0 radical (unpaired) electrons. The van der Waals surface area contributed by atoms with Crippen LogP contribution in [-0.4, -0.2) is 45.4 Å². The van der Waals surface area contributed by atoms with Gasteiger partial charge in [-0.1, -0.05) is 18.2 Å². The molecule has 1 rings (SSSR count). The zero-order valence-electron chi connectivity index (χ0n) is 7.79. The molecular formula is C7H14ClN3O2S. The number of rotatable bonds is 4. The van der Waals surface area contributed by atoms with Gasteiger partial charge in [-0.25, -0.2) is 0 Å². The maximum atomic E-state index is 11.6. The summed E-state index contributed by atoms with van der Waals surface area (Å²) >= 11 is 5.47. The average molecular weight is 240 g/mol. The van der Waals surface area contributed by atoms with Crippen LogP contribution >= 0.6 is 11.6 Å². The molecule has 7 heteroatoms. The first kappa shape index (κ1) is 11.9. The van der Waals surface area contributed by atoms with Crippen LogP contribution in [0.5, 0.6) is 0 Å². The van der Waals surface area contributed by atoms with Gasteiger partial charge in [0.05, 0.1) is 0 Å². The van der Waals surface area contributed by atoms with E-state index in [0.717, 1.165) is 0 Å². The molecule has 0 aromatic rings. The van der Waals surface area contributed by atoms with Crippen molar-refractivity contribution in [2.75, 3.05) is 32.7 Å². The lowest BCUT2D eigenvalue weighted by atomic mass is 10.4. The summed E-state index contributed by atoms with van der Waals surface area (Å²) < 4.78 is 26.9. The summed E-state index contributed by atoms with van der Waals surface area (Å²) in [6.45, 7) is 5.84. The maximum Gasteiger partial charge on any atom is 0.279 e. The van der Waals surface area contributed by atoms with Crippen molar-refractivity contribution in [1.82, 2.24) is 14.3 Å².